The van der Waals surface area contributed by atoms with E-state index >= 15 is 0 Å². The Hall–Kier alpha value is -0.610. The molecule has 0 radical (unpaired) electrons. The summed E-state index contributed by atoms with van der Waals surface area (Å²) in [5.41, 5.74) is 1.32. The Morgan fingerprint density at radius 3 is 2.67 bits per heavy atom. The highest BCUT2D eigenvalue weighted by Gasteiger charge is 2.25. The van der Waals surface area contributed by atoms with Gasteiger partial charge in [0.2, 0.25) is 0 Å². The summed E-state index contributed by atoms with van der Waals surface area (Å²) in [5.74, 6) is 0. The van der Waals surface area contributed by atoms with Crippen LogP contribution in [0.4, 0.5) is 0 Å². The Kier molecular flexibility index (Phi) is 6.49. The number of hydrogen-bond donors (Lipinski definition) is 1. The summed E-state index contributed by atoms with van der Waals surface area (Å²) < 4.78 is 0. The van der Waals surface area contributed by atoms with Crippen LogP contribution in [0, 0.1) is 0 Å². The van der Waals surface area contributed by atoms with Crippen LogP contribution in [0.25, 0.3) is 0 Å². The van der Waals surface area contributed by atoms with E-state index < -0.39 is 0 Å². The zero-order valence-corrected chi connectivity index (χ0v) is 14.2. The molecule has 1 aliphatic heterocycles. The predicted octanol–water partition coefficient (Wildman–Crippen LogP) is 3.02. The highest BCUT2D eigenvalue weighted by Crippen LogP contribution is 2.23. The van der Waals surface area contributed by atoms with Crippen LogP contribution < -0.4 is 5.32 Å². The SMILES string of the molecule is CNC(CCN1CCCC1CN(C)C)c1ccc(Cl)cc1. The second kappa shape index (κ2) is 8.14. The van der Waals surface area contributed by atoms with E-state index in [0.29, 0.717) is 6.04 Å². The Balaban J connectivity index is 1.89. The Bertz CT molecular complexity index is 419. The van der Waals surface area contributed by atoms with Gasteiger partial charge in [-0.05, 0) is 64.6 Å². The first-order chi connectivity index (χ1) is 10.1. The molecule has 0 aliphatic carbocycles. The minimum Gasteiger partial charge on any atom is -0.313 e. The van der Waals surface area contributed by atoms with E-state index in [1.807, 2.05) is 19.2 Å². The third-order valence-electron chi connectivity index (χ3n) is 4.40. The van der Waals surface area contributed by atoms with Crippen molar-refractivity contribution >= 4 is 11.6 Å². The molecule has 0 amide bonds. The largest absolute Gasteiger partial charge is 0.313 e. The zero-order chi connectivity index (χ0) is 15.2. The summed E-state index contributed by atoms with van der Waals surface area (Å²) in [4.78, 5) is 4.96. The van der Waals surface area contributed by atoms with E-state index in [1.54, 1.807) is 0 Å². The maximum atomic E-state index is 5.97. The molecular formula is C17H28ClN3. The van der Waals surface area contributed by atoms with Crippen LogP contribution in [-0.4, -0.2) is 56.6 Å². The van der Waals surface area contributed by atoms with Gasteiger partial charge in [-0.15, -0.1) is 0 Å². The van der Waals surface area contributed by atoms with Gasteiger partial charge in [0.1, 0.15) is 0 Å². The fourth-order valence-electron chi connectivity index (χ4n) is 3.29. The predicted molar refractivity (Wildman–Crippen MR) is 91.0 cm³/mol. The minimum atomic E-state index is 0.405. The van der Waals surface area contributed by atoms with Crippen molar-refractivity contribution in [2.75, 3.05) is 40.8 Å². The van der Waals surface area contributed by atoms with E-state index in [9.17, 15) is 0 Å². The quantitative estimate of drug-likeness (QED) is 0.835. The van der Waals surface area contributed by atoms with Crippen molar-refractivity contribution in [2.45, 2.75) is 31.3 Å². The van der Waals surface area contributed by atoms with Gasteiger partial charge in [-0.3, -0.25) is 4.90 Å². The average Bonchev–Trinajstić information content (AvgIpc) is 2.88. The molecule has 0 spiro atoms. The Labute approximate surface area is 134 Å². The summed E-state index contributed by atoms with van der Waals surface area (Å²) in [5, 5.41) is 4.24. The molecule has 118 valence electrons. The van der Waals surface area contributed by atoms with Gasteiger partial charge >= 0.3 is 0 Å². The number of benzene rings is 1. The van der Waals surface area contributed by atoms with Crippen LogP contribution in [0.3, 0.4) is 0 Å². The van der Waals surface area contributed by atoms with E-state index in [1.165, 1.54) is 31.5 Å². The number of halogens is 1. The van der Waals surface area contributed by atoms with E-state index in [0.717, 1.165) is 24.0 Å². The molecule has 0 aromatic heterocycles. The van der Waals surface area contributed by atoms with Crippen molar-refractivity contribution in [3.63, 3.8) is 0 Å². The molecule has 1 aromatic carbocycles. The van der Waals surface area contributed by atoms with Gasteiger partial charge in [-0.25, -0.2) is 0 Å². The third-order valence-corrected chi connectivity index (χ3v) is 4.65. The number of likely N-dealkylation sites (N-methyl/N-ethyl adjacent to an activating group) is 1. The monoisotopic (exact) mass is 309 g/mol. The first-order valence-electron chi connectivity index (χ1n) is 7.91. The van der Waals surface area contributed by atoms with Crippen LogP contribution in [0.1, 0.15) is 30.9 Å². The highest BCUT2D eigenvalue weighted by molar-refractivity contribution is 6.30. The fourth-order valence-corrected chi connectivity index (χ4v) is 3.41. The van der Waals surface area contributed by atoms with Gasteiger partial charge in [-0.1, -0.05) is 23.7 Å². The smallest absolute Gasteiger partial charge is 0.0406 e. The number of nitrogens with zero attached hydrogens (tertiary/aromatic N) is 2. The molecule has 1 saturated heterocycles. The molecule has 2 atom stereocenters. The molecule has 3 nitrogen and oxygen atoms in total. The van der Waals surface area contributed by atoms with Gasteiger partial charge in [0.25, 0.3) is 0 Å². The maximum Gasteiger partial charge on any atom is 0.0406 e. The van der Waals surface area contributed by atoms with Crippen LogP contribution in [0.5, 0.6) is 0 Å². The van der Waals surface area contributed by atoms with Crippen molar-refractivity contribution in [3.05, 3.63) is 34.9 Å². The van der Waals surface area contributed by atoms with E-state index in [4.69, 9.17) is 11.6 Å². The van der Waals surface area contributed by atoms with Gasteiger partial charge < -0.3 is 10.2 Å². The number of likely N-dealkylation sites (tertiary alicyclic amines) is 1. The molecule has 4 heteroatoms. The van der Waals surface area contributed by atoms with Crippen molar-refractivity contribution in [1.29, 1.82) is 0 Å². The summed E-state index contributed by atoms with van der Waals surface area (Å²) in [6.07, 6.45) is 3.81. The zero-order valence-electron chi connectivity index (χ0n) is 13.5. The molecule has 1 N–H and O–H groups in total. The molecule has 2 unspecified atom stereocenters. The lowest BCUT2D eigenvalue weighted by atomic mass is 10.0. The Morgan fingerprint density at radius 1 is 1.33 bits per heavy atom. The molecule has 2 rings (SSSR count). The lowest BCUT2D eigenvalue weighted by Crippen LogP contribution is -2.39. The second-order valence-electron chi connectivity index (χ2n) is 6.28. The number of hydrogen-bond acceptors (Lipinski definition) is 3. The lowest BCUT2D eigenvalue weighted by Gasteiger charge is -2.28. The normalized spacial score (nSPS) is 21.1. The van der Waals surface area contributed by atoms with Crippen molar-refractivity contribution in [1.82, 2.24) is 15.1 Å². The molecule has 0 saturated carbocycles. The summed E-state index contributed by atoms with van der Waals surface area (Å²) in [7, 11) is 6.38. The van der Waals surface area contributed by atoms with Crippen molar-refractivity contribution in [3.8, 4) is 0 Å². The van der Waals surface area contributed by atoms with E-state index in [2.05, 4.69) is 41.3 Å². The number of rotatable bonds is 7. The number of nitrogens with one attached hydrogen (secondary N) is 1. The van der Waals surface area contributed by atoms with Gasteiger partial charge in [0.05, 0.1) is 0 Å². The topological polar surface area (TPSA) is 18.5 Å². The molecule has 1 fully saturated rings. The van der Waals surface area contributed by atoms with Crippen LogP contribution in [0.15, 0.2) is 24.3 Å². The molecule has 0 bridgehead atoms. The first-order valence-corrected chi connectivity index (χ1v) is 8.29. The summed E-state index contributed by atoms with van der Waals surface area (Å²) >= 11 is 5.97. The third kappa shape index (κ3) is 4.96. The molecule has 21 heavy (non-hydrogen) atoms. The second-order valence-corrected chi connectivity index (χ2v) is 6.71. The van der Waals surface area contributed by atoms with Gasteiger partial charge in [0, 0.05) is 30.2 Å². The summed E-state index contributed by atoms with van der Waals surface area (Å²) in [6, 6.07) is 9.35. The molecule has 1 heterocycles. The van der Waals surface area contributed by atoms with Gasteiger partial charge in [0.15, 0.2) is 0 Å². The molecule has 1 aliphatic rings. The van der Waals surface area contributed by atoms with Crippen LogP contribution >= 0.6 is 11.6 Å². The van der Waals surface area contributed by atoms with Gasteiger partial charge in [-0.2, -0.15) is 0 Å². The minimum absolute atomic E-state index is 0.405. The van der Waals surface area contributed by atoms with E-state index in [-0.39, 0.29) is 0 Å². The van der Waals surface area contributed by atoms with Crippen molar-refractivity contribution < 1.29 is 0 Å². The van der Waals surface area contributed by atoms with Crippen molar-refractivity contribution in [2.24, 2.45) is 0 Å². The molecule has 1 aromatic rings. The van der Waals surface area contributed by atoms with Crippen LogP contribution in [-0.2, 0) is 0 Å². The Morgan fingerprint density at radius 2 is 2.05 bits per heavy atom. The highest BCUT2D eigenvalue weighted by atomic mass is 35.5. The van der Waals surface area contributed by atoms with Crippen LogP contribution in [0.2, 0.25) is 5.02 Å². The maximum absolute atomic E-state index is 5.97. The summed E-state index contributed by atoms with van der Waals surface area (Å²) in [6.45, 7) is 3.58. The molecular weight excluding hydrogens is 282 g/mol. The standard InChI is InChI=1S/C17H28ClN3/c1-19-17(14-6-8-15(18)9-7-14)10-12-21-11-4-5-16(21)13-20(2)3/h6-9,16-17,19H,4-5,10-13H2,1-3H3. The first kappa shape index (κ1) is 16.8. The fraction of sp³-hybridized carbons (Fsp3) is 0.647. The average molecular weight is 310 g/mol. The lowest BCUT2D eigenvalue weighted by molar-refractivity contribution is 0.200.